The maximum absolute atomic E-state index is 11.6. The van der Waals surface area contributed by atoms with Crippen molar-refractivity contribution in [2.45, 2.75) is 24.7 Å². The second-order valence-electron chi connectivity index (χ2n) is 8.00. The molecule has 1 aromatic carbocycles. The number of nitrogens with one attached hydrogen (secondary N) is 2. The number of methoxy groups -OCH3 is 1. The molecule has 3 aromatic rings. The molecule has 1 aliphatic carbocycles. The van der Waals surface area contributed by atoms with Crippen LogP contribution in [-0.4, -0.2) is 58.8 Å². The molecule has 172 valence electrons. The lowest BCUT2D eigenvalue weighted by molar-refractivity contribution is -0.204. The molecule has 4 rings (SSSR count). The molecule has 0 radical (unpaired) electrons. The number of aromatic nitrogens is 3. The number of benzene rings is 1. The summed E-state index contributed by atoms with van der Waals surface area (Å²) in [7, 11) is 5.76. The molecule has 0 spiro atoms. The van der Waals surface area contributed by atoms with Crippen LogP contribution in [0.25, 0.3) is 0 Å². The Balaban J connectivity index is 1.37. The third kappa shape index (κ3) is 5.02. The van der Waals surface area contributed by atoms with E-state index in [1.54, 1.807) is 31.5 Å². The Morgan fingerprint density at radius 2 is 1.85 bits per heavy atom. The molecule has 1 aliphatic rings. The quantitative estimate of drug-likeness (QED) is 0.422. The lowest BCUT2D eigenvalue weighted by atomic mass is 9.83. The molecule has 0 saturated heterocycles. The standard InChI is InChI=1S/C23H27N7O3/c1-30(2)23(32-3)13-17(14-23)33-16-8-6-15(7-9-16)27-22-26-12-10-19(29-22)28-18-5-4-11-25-20(18)21(24)31/h4-12,17H,13-14H2,1-3H3,(H2,24,31)(H2,26,27,28,29). The first-order valence-corrected chi connectivity index (χ1v) is 10.5. The first-order chi connectivity index (χ1) is 15.9. The molecule has 2 aromatic heterocycles. The summed E-state index contributed by atoms with van der Waals surface area (Å²) < 4.78 is 11.7. The predicted molar refractivity (Wildman–Crippen MR) is 125 cm³/mol. The Labute approximate surface area is 192 Å². The first kappa shape index (κ1) is 22.4. The summed E-state index contributed by atoms with van der Waals surface area (Å²) in [6.45, 7) is 0. The molecule has 10 heteroatoms. The van der Waals surface area contributed by atoms with Gasteiger partial charge in [0.2, 0.25) is 5.95 Å². The summed E-state index contributed by atoms with van der Waals surface area (Å²) in [6, 6.07) is 12.7. The van der Waals surface area contributed by atoms with E-state index in [9.17, 15) is 4.79 Å². The largest absolute Gasteiger partial charge is 0.490 e. The summed E-state index contributed by atoms with van der Waals surface area (Å²) in [5.41, 5.74) is 6.57. The fourth-order valence-electron chi connectivity index (χ4n) is 3.72. The molecule has 1 fully saturated rings. The van der Waals surface area contributed by atoms with E-state index in [1.165, 1.54) is 6.20 Å². The van der Waals surface area contributed by atoms with Crippen LogP contribution < -0.4 is 21.1 Å². The highest BCUT2D eigenvalue weighted by atomic mass is 16.5. The topological polar surface area (TPSA) is 128 Å². The summed E-state index contributed by atoms with van der Waals surface area (Å²) in [6.07, 6.45) is 4.87. The molecule has 0 bridgehead atoms. The zero-order valence-electron chi connectivity index (χ0n) is 18.8. The van der Waals surface area contributed by atoms with Crippen molar-refractivity contribution in [3.63, 3.8) is 0 Å². The monoisotopic (exact) mass is 449 g/mol. The van der Waals surface area contributed by atoms with Crippen molar-refractivity contribution >= 4 is 29.0 Å². The van der Waals surface area contributed by atoms with Crippen molar-refractivity contribution < 1.29 is 14.3 Å². The van der Waals surface area contributed by atoms with E-state index >= 15 is 0 Å². The Kier molecular flexibility index (Phi) is 6.38. The number of carbonyl (C=O) groups is 1. The van der Waals surface area contributed by atoms with Gasteiger partial charge < -0.3 is 25.8 Å². The normalized spacial score (nSPS) is 19.6. The van der Waals surface area contributed by atoms with E-state index in [2.05, 4.69) is 30.5 Å². The van der Waals surface area contributed by atoms with Gasteiger partial charge in [-0.3, -0.25) is 9.69 Å². The summed E-state index contributed by atoms with van der Waals surface area (Å²) in [5.74, 6) is 1.06. The number of pyridine rings is 1. The van der Waals surface area contributed by atoms with Crippen LogP contribution in [0.5, 0.6) is 5.75 Å². The number of amides is 1. The zero-order valence-corrected chi connectivity index (χ0v) is 18.8. The highest BCUT2D eigenvalue weighted by Gasteiger charge is 2.48. The van der Waals surface area contributed by atoms with Crippen molar-refractivity contribution in [2.75, 3.05) is 31.8 Å². The Morgan fingerprint density at radius 3 is 2.52 bits per heavy atom. The Bertz CT molecular complexity index is 1120. The van der Waals surface area contributed by atoms with Crippen LogP contribution in [0.4, 0.5) is 23.1 Å². The lowest BCUT2D eigenvalue weighted by Crippen LogP contribution is -2.59. The maximum atomic E-state index is 11.6. The summed E-state index contributed by atoms with van der Waals surface area (Å²) in [4.78, 5) is 26.4. The molecule has 1 amide bonds. The van der Waals surface area contributed by atoms with Crippen LogP contribution in [0.3, 0.4) is 0 Å². The lowest BCUT2D eigenvalue weighted by Gasteiger charge is -2.50. The van der Waals surface area contributed by atoms with Gasteiger partial charge in [0, 0.05) is 38.0 Å². The van der Waals surface area contributed by atoms with Gasteiger partial charge in [-0.1, -0.05) is 0 Å². The molecule has 1 saturated carbocycles. The summed E-state index contributed by atoms with van der Waals surface area (Å²) in [5, 5.41) is 6.22. The SMILES string of the molecule is COC1(N(C)C)CC(Oc2ccc(Nc3nccc(Nc4cccnc4C(N)=O)n3)cc2)C1. The number of anilines is 4. The van der Waals surface area contributed by atoms with Gasteiger partial charge in [-0.15, -0.1) is 0 Å². The van der Waals surface area contributed by atoms with E-state index in [0.29, 0.717) is 17.5 Å². The smallest absolute Gasteiger partial charge is 0.269 e. The number of carbonyl (C=O) groups excluding carboxylic acids is 1. The van der Waals surface area contributed by atoms with Gasteiger partial charge in [0.05, 0.1) is 5.69 Å². The van der Waals surface area contributed by atoms with Crippen molar-refractivity contribution in [2.24, 2.45) is 5.73 Å². The van der Waals surface area contributed by atoms with E-state index < -0.39 is 5.91 Å². The molecule has 0 atom stereocenters. The molecule has 10 nitrogen and oxygen atoms in total. The molecule has 4 N–H and O–H groups in total. The number of hydrogen-bond acceptors (Lipinski definition) is 9. The minimum Gasteiger partial charge on any atom is -0.490 e. The highest BCUT2D eigenvalue weighted by Crippen LogP contribution is 2.39. The molecule has 2 heterocycles. The minimum atomic E-state index is -0.621. The molecular formula is C23H27N7O3. The Morgan fingerprint density at radius 1 is 1.09 bits per heavy atom. The van der Waals surface area contributed by atoms with Crippen molar-refractivity contribution in [1.29, 1.82) is 0 Å². The van der Waals surface area contributed by atoms with Crippen LogP contribution in [0.15, 0.2) is 54.9 Å². The van der Waals surface area contributed by atoms with Gasteiger partial charge in [-0.25, -0.2) is 9.97 Å². The van der Waals surface area contributed by atoms with E-state index in [4.69, 9.17) is 15.2 Å². The van der Waals surface area contributed by atoms with Crippen LogP contribution in [0, 0.1) is 0 Å². The van der Waals surface area contributed by atoms with Gasteiger partial charge in [0.15, 0.2) is 5.69 Å². The van der Waals surface area contributed by atoms with Crippen LogP contribution in [0.1, 0.15) is 23.3 Å². The van der Waals surface area contributed by atoms with Crippen LogP contribution in [-0.2, 0) is 4.74 Å². The van der Waals surface area contributed by atoms with Crippen LogP contribution >= 0.6 is 0 Å². The van der Waals surface area contributed by atoms with Crippen molar-refractivity contribution in [3.05, 3.63) is 60.6 Å². The van der Waals surface area contributed by atoms with E-state index in [1.807, 2.05) is 38.4 Å². The third-order valence-electron chi connectivity index (χ3n) is 5.66. The maximum Gasteiger partial charge on any atom is 0.269 e. The first-order valence-electron chi connectivity index (χ1n) is 10.5. The van der Waals surface area contributed by atoms with Gasteiger partial charge in [0.25, 0.3) is 5.91 Å². The van der Waals surface area contributed by atoms with Gasteiger partial charge >= 0.3 is 0 Å². The number of rotatable bonds is 9. The predicted octanol–water partition coefficient (Wildman–Crippen LogP) is 2.90. The van der Waals surface area contributed by atoms with E-state index in [-0.39, 0.29) is 17.5 Å². The van der Waals surface area contributed by atoms with Gasteiger partial charge in [-0.05, 0) is 56.6 Å². The third-order valence-corrected chi connectivity index (χ3v) is 5.66. The molecule has 0 unspecified atom stereocenters. The summed E-state index contributed by atoms with van der Waals surface area (Å²) >= 11 is 0. The minimum absolute atomic E-state index is 0.120. The fourth-order valence-corrected chi connectivity index (χ4v) is 3.72. The second-order valence-corrected chi connectivity index (χ2v) is 8.00. The fraction of sp³-hybridized carbons (Fsp3) is 0.304. The number of nitrogens with zero attached hydrogens (tertiary/aromatic N) is 4. The molecule has 33 heavy (non-hydrogen) atoms. The van der Waals surface area contributed by atoms with E-state index in [0.717, 1.165) is 24.3 Å². The van der Waals surface area contributed by atoms with Gasteiger partial charge in [-0.2, -0.15) is 4.98 Å². The highest BCUT2D eigenvalue weighted by molar-refractivity contribution is 5.96. The number of hydrogen-bond donors (Lipinski definition) is 3. The zero-order chi connectivity index (χ0) is 23.4. The average Bonchev–Trinajstić information content (AvgIpc) is 2.77. The average molecular weight is 450 g/mol. The van der Waals surface area contributed by atoms with Crippen molar-refractivity contribution in [3.8, 4) is 5.75 Å². The van der Waals surface area contributed by atoms with Gasteiger partial charge in [0.1, 0.15) is 23.4 Å². The second kappa shape index (κ2) is 9.39. The number of ether oxygens (including phenoxy) is 2. The Hall–Kier alpha value is -3.76. The molecule has 0 aliphatic heterocycles. The van der Waals surface area contributed by atoms with Crippen molar-refractivity contribution in [1.82, 2.24) is 19.9 Å². The number of nitrogens with two attached hydrogens (primary N) is 1. The number of primary amides is 1. The van der Waals surface area contributed by atoms with Crippen LogP contribution in [0.2, 0.25) is 0 Å². The molecular weight excluding hydrogens is 422 g/mol.